The molecule has 2 aliphatic heterocycles. The van der Waals surface area contributed by atoms with E-state index in [-0.39, 0.29) is 30.3 Å². The van der Waals surface area contributed by atoms with E-state index in [1.165, 1.54) is 6.07 Å². The number of nitrogens with zero attached hydrogens (tertiary/aromatic N) is 1. The van der Waals surface area contributed by atoms with Crippen molar-refractivity contribution in [3.63, 3.8) is 0 Å². The van der Waals surface area contributed by atoms with Crippen LogP contribution in [0.3, 0.4) is 0 Å². The Morgan fingerprint density at radius 3 is 2.42 bits per heavy atom. The first kappa shape index (κ1) is 18.8. The molecule has 1 N–H and O–H groups in total. The Morgan fingerprint density at radius 1 is 1.15 bits per heavy atom. The molecule has 0 aliphatic carbocycles. The van der Waals surface area contributed by atoms with Gasteiger partial charge in [-0.1, -0.05) is 6.07 Å². The lowest BCUT2D eigenvalue weighted by Gasteiger charge is -2.36. The molecule has 2 fully saturated rings. The molecule has 0 unspecified atom stereocenters. The van der Waals surface area contributed by atoms with Crippen LogP contribution in [0.2, 0.25) is 0 Å². The average Bonchev–Trinajstić information content (AvgIpc) is 2.63. The van der Waals surface area contributed by atoms with Crippen molar-refractivity contribution in [2.24, 2.45) is 5.92 Å². The molecule has 7 heteroatoms. The van der Waals surface area contributed by atoms with E-state index >= 15 is 0 Å². The molecule has 0 radical (unpaired) electrons. The van der Waals surface area contributed by atoms with Crippen LogP contribution in [0.15, 0.2) is 18.2 Å². The van der Waals surface area contributed by atoms with Crippen LogP contribution in [-0.4, -0.2) is 45.4 Å². The van der Waals surface area contributed by atoms with Gasteiger partial charge in [-0.2, -0.15) is 0 Å². The summed E-state index contributed by atoms with van der Waals surface area (Å²) in [4.78, 5) is 25.3. The smallest absolute Gasteiger partial charge is 0.234 e. The zero-order valence-corrected chi connectivity index (χ0v) is 15.2. The van der Waals surface area contributed by atoms with Crippen LogP contribution in [0.1, 0.15) is 37.2 Å². The van der Waals surface area contributed by atoms with E-state index in [1.54, 1.807) is 26.4 Å². The van der Waals surface area contributed by atoms with Gasteiger partial charge >= 0.3 is 0 Å². The van der Waals surface area contributed by atoms with E-state index in [4.69, 9.17) is 9.47 Å². The number of carbonyl (C=O) groups is 2. The molecule has 142 valence electrons. The zero-order chi connectivity index (χ0) is 18.7. The number of halogens is 1. The Hall–Kier alpha value is -1.99. The third kappa shape index (κ3) is 3.88. The second kappa shape index (κ2) is 8.14. The van der Waals surface area contributed by atoms with Crippen molar-refractivity contribution in [1.82, 2.24) is 5.32 Å². The topological polar surface area (TPSA) is 67.9 Å². The Balaban J connectivity index is 1.67. The van der Waals surface area contributed by atoms with Crippen molar-refractivity contribution in [1.29, 1.82) is 0 Å². The van der Waals surface area contributed by atoms with E-state index in [0.29, 0.717) is 23.6 Å². The highest BCUT2D eigenvalue weighted by Gasteiger charge is 2.30. The van der Waals surface area contributed by atoms with E-state index in [1.807, 2.05) is 4.90 Å². The van der Waals surface area contributed by atoms with Gasteiger partial charge in [0.25, 0.3) is 0 Å². The van der Waals surface area contributed by atoms with Crippen LogP contribution in [0.5, 0.6) is 0 Å². The lowest BCUT2D eigenvalue weighted by Crippen LogP contribution is -2.40. The molecule has 26 heavy (non-hydrogen) atoms. The minimum Gasteiger partial charge on any atom is -0.369 e. The number of nitrogens with one attached hydrogen (secondary N) is 1. The quantitative estimate of drug-likeness (QED) is 0.641. The molecule has 0 aromatic heterocycles. The highest BCUT2D eigenvalue weighted by molar-refractivity contribution is 6.00. The Kier molecular flexibility index (Phi) is 5.88. The van der Waals surface area contributed by atoms with Crippen molar-refractivity contribution >= 4 is 17.5 Å². The fraction of sp³-hybridized carbons (Fsp3) is 0.579. The number of hydrogen-bond donors (Lipinski definition) is 1. The molecule has 0 saturated carbocycles. The van der Waals surface area contributed by atoms with Crippen molar-refractivity contribution in [2.45, 2.75) is 37.9 Å². The second-order valence-electron chi connectivity index (χ2n) is 6.88. The molecule has 2 amide bonds. The lowest BCUT2D eigenvalue weighted by atomic mass is 9.90. The first-order chi connectivity index (χ1) is 12.5. The van der Waals surface area contributed by atoms with E-state index in [9.17, 15) is 14.0 Å². The number of ether oxygens (including phenoxy) is 2. The Morgan fingerprint density at radius 2 is 1.85 bits per heavy atom. The Labute approximate surface area is 152 Å². The number of methoxy groups -OCH3 is 2. The number of carbonyl (C=O) groups excluding carboxylic acids is 2. The number of imide groups is 1. The van der Waals surface area contributed by atoms with Gasteiger partial charge in [-0.3, -0.25) is 14.9 Å². The van der Waals surface area contributed by atoms with E-state index in [0.717, 1.165) is 25.9 Å². The maximum absolute atomic E-state index is 14.7. The molecule has 2 heterocycles. The number of piperidine rings is 2. The van der Waals surface area contributed by atoms with Crippen LogP contribution in [0, 0.1) is 11.7 Å². The van der Waals surface area contributed by atoms with Crippen LogP contribution in [0.25, 0.3) is 0 Å². The predicted octanol–water partition coefficient (Wildman–Crippen LogP) is 2.18. The minimum atomic E-state index is -0.467. The first-order valence-corrected chi connectivity index (χ1v) is 8.97. The van der Waals surface area contributed by atoms with Gasteiger partial charge in [0, 0.05) is 39.6 Å². The van der Waals surface area contributed by atoms with Gasteiger partial charge in [-0.15, -0.1) is 0 Å². The summed E-state index contributed by atoms with van der Waals surface area (Å²) >= 11 is 0. The number of benzene rings is 1. The molecule has 1 aromatic rings. The van der Waals surface area contributed by atoms with Crippen molar-refractivity contribution < 1.29 is 23.5 Å². The summed E-state index contributed by atoms with van der Waals surface area (Å²) < 4.78 is 25.3. The molecule has 3 rings (SSSR count). The van der Waals surface area contributed by atoms with Crippen LogP contribution >= 0.6 is 0 Å². The monoisotopic (exact) mass is 364 g/mol. The van der Waals surface area contributed by atoms with Gasteiger partial charge in [0.1, 0.15) is 5.82 Å². The van der Waals surface area contributed by atoms with Gasteiger partial charge in [0.15, 0.2) is 6.29 Å². The maximum Gasteiger partial charge on any atom is 0.234 e. The Bertz CT molecular complexity index is 670. The highest BCUT2D eigenvalue weighted by Crippen LogP contribution is 2.32. The van der Waals surface area contributed by atoms with Crippen molar-refractivity contribution in [2.75, 3.05) is 32.2 Å². The summed E-state index contributed by atoms with van der Waals surface area (Å²) in [6, 6.07) is 4.95. The van der Waals surface area contributed by atoms with Crippen LogP contribution < -0.4 is 10.2 Å². The molecule has 1 aromatic carbocycles. The first-order valence-electron chi connectivity index (χ1n) is 8.97. The summed E-state index contributed by atoms with van der Waals surface area (Å²) in [7, 11) is 3.27. The predicted molar refractivity (Wildman–Crippen MR) is 94.3 cm³/mol. The van der Waals surface area contributed by atoms with Gasteiger partial charge in [-0.25, -0.2) is 4.39 Å². The van der Waals surface area contributed by atoms with E-state index < -0.39 is 5.92 Å². The summed E-state index contributed by atoms with van der Waals surface area (Å²) in [6.45, 7) is 1.45. The second-order valence-corrected chi connectivity index (χ2v) is 6.88. The van der Waals surface area contributed by atoms with Gasteiger partial charge in [0.2, 0.25) is 11.8 Å². The average molecular weight is 364 g/mol. The van der Waals surface area contributed by atoms with E-state index in [2.05, 4.69) is 5.32 Å². The number of amides is 2. The molecular weight excluding hydrogens is 339 g/mol. The summed E-state index contributed by atoms with van der Waals surface area (Å²) in [6.07, 6.45) is 2.20. The summed E-state index contributed by atoms with van der Waals surface area (Å²) in [5.74, 6) is -1.12. The SMILES string of the molecule is COC(OC)C1CCN(c2ccc([C@H]3CCC(=O)NC3=O)cc2F)CC1. The third-order valence-electron chi connectivity index (χ3n) is 5.34. The number of rotatable bonds is 5. The fourth-order valence-electron chi connectivity index (χ4n) is 3.90. The highest BCUT2D eigenvalue weighted by atomic mass is 19.1. The largest absolute Gasteiger partial charge is 0.369 e. The molecule has 0 bridgehead atoms. The van der Waals surface area contributed by atoms with Crippen molar-refractivity contribution in [3.05, 3.63) is 29.6 Å². The molecule has 6 nitrogen and oxygen atoms in total. The zero-order valence-electron chi connectivity index (χ0n) is 15.2. The minimum absolute atomic E-state index is 0.225. The summed E-state index contributed by atoms with van der Waals surface area (Å²) in [5.41, 5.74) is 1.16. The van der Waals surface area contributed by atoms with Crippen LogP contribution in [0.4, 0.5) is 10.1 Å². The van der Waals surface area contributed by atoms with Crippen LogP contribution in [-0.2, 0) is 19.1 Å². The molecule has 2 saturated heterocycles. The molecule has 2 aliphatic rings. The van der Waals surface area contributed by atoms with Gasteiger partial charge in [-0.05, 0) is 37.0 Å². The normalized spacial score (nSPS) is 22.0. The summed E-state index contributed by atoms with van der Waals surface area (Å²) in [5, 5.41) is 2.32. The third-order valence-corrected chi connectivity index (χ3v) is 5.34. The molecule has 1 atom stereocenters. The fourth-order valence-corrected chi connectivity index (χ4v) is 3.90. The maximum atomic E-state index is 14.7. The number of hydrogen-bond acceptors (Lipinski definition) is 5. The van der Waals surface area contributed by atoms with Gasteiger partial charge in [0.05, 0.1) is 11.6 Å². The molecule has 0 spiro atoms. The molecular formula is C19H25FN2O4. The van der Waals surface area contributed by atoms with Gasteiger partial charge < -0.3 is 14.4 Å². The lowest BCUT2D eigenvalue weighted by molar-refractivity contribution is -0.141. The van der Waals surface area contributed by atoms with Crippen molar-refractivity contribution in [3.8, 4) is 0 Å². The number of anilines is 1. The standard InChI is InChI=1S/C19H25FN2O4/c1-25-19(26-2)12-7-9-22(10-8-12)16-5-3-13(11-15(16)20)14-4-6-17(23)21-18(14)24/h3,5,11-12,14,19H,4,6-10H2,1-2H3,(H,21,23,24)/t14-/m1/s1.